The van der Waals surface area contributed by atoms with Gasteiger partial charge in [-0.15, -0.1) is 0 Å². The molecule has 0 spiro atoms. The molecule has 0 bridgehead atoms. The number of hydrogen-bond acceptors (Lipinski definition) is 4. The zero-order valence-electron chi connectivity index (χ0n) is 14.5. The van der Waals surface area contributed by atoms with Gasteiger partial charge in [0.1, 0.15) is 10.7 Å². The van der Waals surface area contributed by atoms with E-state index in [1.54, 1.807) is 6.07 Å². The van der Waals surface area contributed by atoms with E-state index in [1.807, 2.05) is 12.1 Å². The smallest absolute Gasteiger partial charge is 0.267 e. The van der Waals surface area contributed by atoms with Gasteiger partial charge in [-0.25, -0.2) is 12.8 Å². The number of benzene rings is 2. The molecule has 2 aromatic carbocycles. The minimum atomic E-state index is -4.04. The number of sulfone groups is 1. The molecule has 1 aromatic heterocycles. The van der Waals surface area contributed by atoms with E-state index < -0.39 is 21.2 Å². The highest BCUT2D eigenvalue weighted by Gasteiger charge is 2.24. The lowest BCUT2D eigenvalue weighted by Gasteiger charge is -2.24. The fourth-order valence-corrected chi connectivity index (χ4v) is 4.97. The molecule has 1 aliphatic rings. The zero-order chi connectivity index (χ0) is 19.0. The van der Waals surface area contributed by atoms with Gasteiger partial charge in [-0.3, -0.25) is 4.79 Å². The van der Waals surface area contributed by atoms with Crippen molar-refractivity contribution in [2.75, 3.05) is 13.1 Å². The Kier molecular flexibility index (Phi) is 4.57. The lowest BCUT2D eigenvalue weighted by molar-refractivity contribution is 0.462. The summed E-state index contributed by atoms with van der Waals surface area (Å²) < 4.78 is 38.8. The van der Waals surface area contributed by atoms with E-state index in [0.29, 0.717) is 16.8 Å². The summed E-state index contributed by atoms with van der Waals surface area (Å²) >= 11 is 0. The highest BCUT2D eigenvalue weighted by molar-refractivity contribution is 7.91. The van der Waals surface area contributed by atoms with Crippen LogP contribution >= 0.6 is 0 Å². The van der Waals surface area contributed by atoms with E-state index in [-0.39, 0.29) is 9.79 Å². The van der Waals surface area contributed by atoms with Crippen molar-refractivity contribution in [3.05, 3.63) is 70.3 Å². The Balaban J connectivity index is 1.85. The maximum atomic E-state index is 13.1. The summed E-state index contributed by atoms with van der Waals surface area (Å²) in [4.78, 5) is 15.0. The van der Waals surface area contributed by atoms with Gasteiger partial charge in [-0.2, -0.15) is 0 Å². The number of halogens is 1. The molecule has 1 fully saturated rings. The molecule has 0 atom stereocenters. The summed E-state index contributed by atoms with van der Waals surface area (Å²) in [6, 6.07) is 11.5. The predicted octanol–water partition coefficient (Wildman–Crippen LogP) is 2.97. The minimum absolute atomic E-state index is 0.108. The molecule has 0 aliphatic carbocycles. The highest BCUT2D eigenvalue weighted by atomic mass is 32.2. The third kappa shape index (κ3) is 3.28. The molecule has 1 saturated heterocycles. The highest BCUT2D eigenvalue weighted by Crippen LogP contribution is 2.31. The molecule has 4 rings (SSSR count). The van der Waals surface area contributed by atoms with Crippen molar-refractivity contribution in [3.8, 4) is 0 Å². The lowest BCUT2D eigenvalue weighted by atomic mass is 9.89. The summed E-state index contributed by atoms with van der Waals surface area (Å²) in [5.41, 5.74) is 1.07. The first-order chi connectivity index (χ1) is 13.0. The number of para-hydroxylation sites is 1. The van der Waals surface area contributed by atoms with Crippen LogP contribution in [0.2, 0.25) is 0 Å². The van der Waals surface area contributed by atoms with Crippen LogP contribution in [0.4, 0.5) is 4.39 Å². The van der Waals surface area contributed by atoms with Crippen LogP contribution in [0.5, 0.6) is 0 Å². The third-order valence-electron chi connectivity index (χ3n) is 5.07. The van der Waals surface area contributed by atoms with Gasteiger partial charge in [-0.05, 0) is 73.1 Å². The number of piperidine rings is 1. The second-order valence-electron chi connectivity index (χ2n) is 6.76. The van der Waals surface area contributed by atoms with E-state index in [0.717, 1.165) is 43.6 Å². The van der Waals surface area contributed by atoms with Crippen molar-refractivity contribution in [3.63, 3.8) is 0 Å². The van der Waals surface area contributed by atoms with E-state index in [1.165, 1.54) is 18.2 Å². The Bertz CT molecular complexity index is 1150. The molecule has 0 radical (unpaired) electrons. The first-order valence-corrected chi connectivity index (χ1v) is 10.3. The summed E-state index contributed by atoms with van der Waals surface area (Å²) in [6.45, 7) is 1.84. The second-order valence-corrected chi connectivity index (χ2v) is 8.67. The molecular weight excluding hydrogens is 367 g/mol. The molecule has 5 nitrogen and oxygen atoms in total. The van der Waals surface area contributed by atoms with Crippen molar-refractivity contribution in [2.45, 2.75) is 28.6 Å². The molecule has 1 aliphatic heterocycles. The van der Waals surface area contributed by atoms with Gasteiger partial charge >= 0.3 is 0 Å². The van der Waals surface area contributed by atoms with Crippen LogP contribution in [0, 0.1) is 5.82 Å². The number of fused-ring (bicyclic) bond motifs is 1. The maximum absolute atomic E-state index is 13.1. The Morgan fingerprint density at radius 2 is 1.70 bits per heavy atom. The predicted molar refractivity (Wildman–Crippen MR) is 101 cm³/mol. The number of aromatic amines is 1. The Morgan fingerprint density at radius 3 is 2.41 bits per heavy atom. The van der Waals surface area contributed by atoms with Crippen molar-refractivity contribution in [1.29, 1.82) is 0 Å². The van der Waals surface area contributed by atoms with Gasteiger partial charge in [0.15, 0.2) is 0 Å². The van der Waals surface area contributed by atoms with E-state index in [4.69, 9.17) is 0 Å². The van der Waals surface area contributed by atoms with E-state index in [9.17, 15) is 17.6 Å². The van der Waals surface area contributed by atoms with E-state index in [2.05, 4.69) is 10.3 Å². The van der Waals surface area contributed by atoms with Crippen molar-refractivity contribution >= 4 is 20.7 Å². The van der Waals surface area contributed by atoms with Crippen molar-refractivity contribution in [1.82, 2.24) is 10.3 Å². The Labute approximate surface area is 156 Å². The topological polar surface area (TPSA) is 79.0 Å². The molecule has 2 N–H and O–H groups in total. The third-order valence-corrected chi connectivity index (χ3v) is 6.85. The first-order valence-electron chi connectivity index (χ1n) is 8.84. The maximum Gasteiger partial charge on any atom is 0.267 e. The van der Waals surface area contributed by atoms with Gasteiger partial charge in [0.25, 0.3) is 5.56 Å². The number of hydrogen-bond donors (Lipinski definition) is 2. The van der Waals surface area contributed by atoms with Crippen LogP contribution in [0.1, 0.15) is 24.3 Å². The molecular formula is C20H19FN2O3S. The molecule has 3 aromatic rings. The SMILES string of the molecule is O=c1[nH]c2c(C3CCNCC3)cccc2cc1S(=O)(=O)c1ccc(F)cc1. The number of pyridine rings is 1. The average molecular weight is 386 g/mol. The van der Waals surface area contributed by atoms with Crippen LogP contribution < -0.4 is 10.9 Å². The van der Waals surface area contributed by atoms with Crippen LogP contribution in [-0.2, 0) is 9.84 Å². The van der Waals surface area contributed by atoms with Crippen LogP contribution in [0.3, 0.4) is 0 Å². The molecule has 0 unspecified atom stereocenters. The van der Waals surface area contributed by atoms with Crippen LogP contribution in [0.25, 0.3) is 10.9 Å². The minimum Gasteiger partial charge on any atom is -0.321 e. The standard InChI is InChI=1S/C20H19FN2O3S/c21-15-4-6-16(7-5-15)27(25,26)18-12-14-2-1-3-17(19(14)23-20(18)24)13-8-10-22-11-9-13/h1-7,12-13,22H,8-11H2,(H,23,24). The second kappa shape index (κ2) is 6.90. The summed E-state index contributed by atoms with van der Waals surface area (Å²) in [5, 5.41) is 3.99. The fourth-order valence-electron chi connectivity index (χ4n) is 3.65. The Hall–Kier alpha value is -2.51. The van der Waals surface area contributed by atoms with Gasteiger partial charge in [0.05, 0.1) is 10.4 Å². The van der Waals surface area contributed by atoms with Crippen molar-refractivity contribution in [2.24, 2.45) is 0 Å². The molecule has 0 amide bonds. The van der Waals surface area contributed by atoms with Gasteiger partial charge in [0, 0.05) is 0 Å². The number of rotatable bonds is 3. The Morgan fingerprint density at radius 1 is 1.00 bits per heavy atom. The molecule has 2 heterocycles. The number of nitrogens with one attached hydrogen (secondary N) is 2. The average Bonchev–Trinajstić information content (AvgIpc) is 2.68. The molecule has 27 heavy (non-hydrogen) atoms. The normalized spacial score (nSPS) is 15.9. The van der Waals surface area contributed by atoms with Crippen LogP contribution in [0.15, 0.2) is 63.1 Å². The zero-order valence-corrected chi connectivity index (χ0v) is 15.4. The summed E-state index contributed by atoms with van der Waals surface area (Å²) in [5.74, 6) is -0.210. The van der Waals surface area contributed by atoms with Gasteiger partial charge in [0.2, 0.25) is 9.84 Å². The largest absolute Gasteiger partial charge is 0.321 e. The van der Waals surface area contributed by atoms with Crippen molar-refractivity contribution < 1.29 is 12.8 Å². The van der Waals surface area contributed by atoms with E-state index >= 15 is 0 Å². The fraction of sp³-hybridized carbons (Fsp3) is 0.250. The molecule has 0 saturated carbocycles. The van der Waals surface area contributed by atoms with Gasteiger partial charge in [-0.1, -0.05) is 18.2 Å². The molecule has 140 valence electrons. The summed E-state index contributed by atoms with van der Waals surface area (Å²) in [6.07, 6.45) is 1.94. The quantitative estimate of drug-likeness (QED) is 0.679. The number of aromatic nitrogens is 1. The monoisotopic (exact) mass is 386 g/mol. The first kappa shape index (κ1) is 17.9. The van der Waals surface area contributed by atoms with Crippen LogP contribution in [-0.4, -0.2) is 26.5 Å². The number of H-pyrrole nitrogens is 1. The summed E-state index contributed by atoms with van der Waals surface area (Å²) in [7, 11) is -4.04. The van der Waals surface area contributed by atoms with Gasteiger partial charge < -0.3 is 10.3 Å². The lowest BCUT2D eigenvalue weighted by Crippen LogP contribution is -2.27. The molecule has 7 heteroatoms.